The summed E-state index contributed by atoms with van der Waals surface area (Å²) in [4.78, 5) is 0. The highest BCUT2D eigenvalue weighted by Crippen LogP contribution is 2.32. The molecule has 2 heteroatoms. The van der Waals surface area contributed by atoms with Gasteiger partial charge in [0.1, 0.15) is 0 Å². The van der Waals surface area contributed by atoms with E-state index >= 15 is 0 Å². The minimum Gasteiger partial charge on any atom is -0.385 e. The van der Waals surface area contributed by atoms with Gasteiger partial charge in [-0.1, -0.05) is 18.2 Å². The van der Waals surface area contributed by atoms with Gasteiger partial charge in [0.15, 0.2) is 0 Å². The van der Waals surface area contributed by atoms with Crippen LogP contribution in [0.2, 0.25) is 0 Å². The van der Waals surface area contributed by atoms with Crippen LogP contribution in [0.25, 0.3) is 0 Å². The monoisotopic (exact) mass is 176 g/mol. The third-order valence-electron chi connectivity index (χ3n) is 2.82. The van der Waals surface area contributed by atoms with E-state index in [0.717, 1.165) is 19.5 Å². The molecule has 1 unspecified atom stereocenters. The molecule has 0 saturated heterocycles. The molecule has 1 aliphatic heterocycles. The second-order valence-electron chi connectivity index (χ2n) is 3.69. The van der Waals surface area contributed by atoms with Crippen molar-refractivity contribution in [1.82, 2.24) is 0 Å². The van der Waals surface area contributed by atoms with Crippen molar-refractivity contribution in [2.45, 2.75) is 19.3 Å². The molecule has 0 radical (unpaired) electrons. The Labute approximate surface area is 79.1 Å². The van der Waals surface area contributed by atoms with E-state index in [2.05, 4.69) is 30.4 Å². The van der Waals surface area contributed by atoms with Gasteiger partial charge in [0.05, 0.1) is 0 Å². The number of para-hydroxylation sites is 1. The topological polar surface area (TPSA) is 38.0 Å². The first-order valence-electron chi connectivity index (χ1n) is 4.86. The van der Waals surface area contributed by atoms with Crippen LogP contribution in [0.1, 0.15) is 23.5 Å². The normalized spacial score (nSPS) is 20.6. The molecule has 70 valence electrons. The molecular weight excluding hydrogens is 160 g/mol. The second kappa shape index (κ2) is 3.38. The highest BCUT2D eigenvalue weighted by Gasteiger charge is 2.18. The van der Waals surface area contributed by atoms with Crippen molar-refractivity contribution in [2.75, 3.05) is 18.4 Å². The number of hydrogen-bond acceptors (Lipinski definition) is 2. The Balaban J connectivity index is 2.45. The first kappa shape index (κ1) is 8.57. The Bertz CT molecular complexity index is 307. The van der Waals surface area contributed by atoms with Crippen LogP contribution in [-0.4, -0.2) is 13.1 Å². The number of hydrogen-bond donors (Lipinski definition) is 2. The third-order valence-corrected chi connectivity index (χ3v) is 2.82. The molecule has 1 aromatic rings. The van der Waals surface area contributed by atoms with Crippen molar-refractivity contribution >= 4 is 5.69 Å². The number of rotatable bonds is 1. The number of aryl methyl sites for hydroxylation is 1. The summed E-state index contributed by atoms with van der Waals surface area (Å²) in [7, 11) is 0. The SMILES string of the molecule is Cc1cccc2c1NCCC2CN. The van der Waals surface area contributed by atoms with Crippen molar-refractivity contribution < 1.29 is 0 Å². The van der Waals surface area contributed by atoms with Crippen LogP contribution < -0.4 is 11.1 Å². The zero-order valence-corrected chi connectivity index (χ0v) is 8.01. The Morgan fingerprint density at radius 1 is 1.54 bits per heavy atom. The minimum absolute atomic E-state index is 0.552. The lowest BCUT2D eigenvalue weighted by atomic mass is 9.89. The van der Waals surface area contributed by atoms with Gasteiger partial charge in [0, 0.05) is 12.2 Å². The second-order valence-corrected chi connectivity index (χ2v) is 3.69. The van der Waals surface area contributed by atoms with Gasteiger partial charge >= 0.3 is 0 Å². The Morgan fingerprint density at radius 2 is 2.38 bits per heavy atom. The average molecular weight is 176 g/mol. The van der Waals surface area contributed by atoms with Crippen LogP contribution in [0.15, 0.2) is 18.2 Å². The van der Waals surface area contributed by atoms with Crippen molar-refractivity contribution in [2.24, 2.45) is 5.73 Å². The van der Waals surface area contributed by atoms with E-state index in [0.29, 0.717) is 5.92 Å². The molecule has 0 bridgehead atoms. The Kier molecular flexibility index (Phi) is 2.23. The van der Waals surface area contributed by atoms with Gasteiger partial charge in [-0.25, -0.2) is 0 Å². The van der Waals surface area contributed by atoms with Crippen LogP contribution in [-0.2, 0) is 0 Å². The molecule has 0 fully saturated rings. The van der Waals surface area contributed by atoms with Crippen molar-refractivity contribution in [3.05, 3.63) is 29.3 Å². The zero-order valence-electron chi connectivity index (χ0n) is 8.01. The predicted octanol–water partition coefficient (Wildman–Crippen LogP) is 1.85. The van der Waals surface area contributed by atoms with Crippen LogP contribution >= 0.6 is 0 Å². The minimum atomic E-state index is 0.552. The van der Waals surface area contributed by atoms with Gasteiger partial charge in [-0.15, -0.1) is 0 Å². The maximum absolute atomic E-state index is 5.74. The number of nitrogens with one attached hydrogen (secondary N) is 1. The fourth-order valence-corrected chi connectivity index (χ4v) is 2.04. The van der Waals surface area contributed by atoms with E-state index < -0.39 is 0 Å². The molecule has 1 aliphatic rings. The number of anilines is 1. The summed E-state index contributed by atoms with van der Waals surface area (Å²) in [5.74, 6) is 0.552. The predicted molar refractivity (Wildman–Crippen MR) is 56.1 cm³/mol. The van der Waals surface area contributed by atoms with Crippen LogP contribution in [0.4, 0.5) is 5.69 Å². The molecule has 1 heterocycles. The number of benzene rings is 1. The summed E-state index contributed by atoms with van der Waals surface area (Å²) in [5.41, 5.74) is 9.78. The lowest BCUT2D eigenvalue weighted by Gasteiger charge is -2.26. The van der Waals surface area contributed by atoms with Gasteiger partial charge in [-0.3, -0.25) is 0 Å². The van der Waals surface area contributed by atoms with Crippen LogP contribution in [0, 0.1) is 6.92 Å². The van der Waals surface area contributed by atoms with Gasteiger partial charge in [-0.05, 0) is 36.9 Å². The molecule has 2 rings (SSSR count). The summed E-state index contributed by atoms with van der Waals surface area (Å²) >= 11 is 0. The highest BCUT2D eigenvalue weighted by molar-refractivity contribution is 5.60. The summed E-state index contributed by atoms with van der Waals surface area (Å²) in [6.07, 6.45) is 1.16. The molecule has 0 aromatic heterocycles. The number of fused-ring (bicyclic) bond motifs is 1. The molecule has 0 amide bonds. The summed E-state index contributed by atoms with van der Waals surface area (Å²) in [6.45, 7) is 3.96. The first-order chi connectivity index (χ1) is 6.33. The maximum Gasteiger partial charge on any atom is 0.0405 e. The molecular formula is C11H16N2. The van der Waals surface area contributed by atoms with E-state index in [-0.39, 0.29) is 0 Å². The standard InChI is InChI=1S/C11H16N2/c1-8-3-2-4-10-9(7-12)5-6-13-11(8)10/h2-4,9,13H,5-7,12H2,1H3. The lowest BCUT2D eigenvalue weighted by molar-refractivity contribution is 0.636. The Morgan fingerprint density at radius 3 is 3.15 bits per heavy atom. The molecule has 0 spiro atoms. The summed E-state index contributed by atoms with van der Waals surface area (Å²) < 4.78 is 0. The molecule has 0 saturated carbocycles. The molecule has 3 N–H and O–H groups in total. The molecule has 0 aliphatic carbocycles. The summed E-state index contributed by atoms with van der Waals surface area (Å²) in [6, 6.07) is 6.45. The smallest absolute Gasteiger partial charge is 0.0405 e. The third kappa shape index (κ3) is 1.42. The fraction of sp³-hybridized carbons (Fsp3) is 0.455. The van der Waals surface area contributed by atoms with E-state index in [1.54, 1.807) is 0 Å². The molecule has 1 aromatic carbocycles. The highest BCUT2D eigenvalue weighted by atomic mass is 14.9. The van der Waals surface area contributed by atoms with Crippen molar-refractivity contribution in [3.63, 3.8) is 0 Å². The quantitative estimate of drug-likeness (QED) is 0.685. The largest absolute Gasteiger partial charge is 0.385 e. The van der Waals surface area contributed by atoms with Gasteiger partial charge in [0.2, 0.25) is 0 Å². The van der Waals surface area contributed by atoms with E-state index in [1.807, 2.05) is 0 Å². The maximum atomic E-state index is 5.74. The summed E-state index contributed by atoms with van der Waals surface area (Å²) in [5, 5.41) is 3.44. The van der Waals surface area contributed by atoms with Gasteiger partial charge in [0.25, 0.3) is 0 Å². The van der Waals surface area contributed by atoms with Crippen molar-refractivity contribution in [1.29, 1.82) is 0 Å². The molecule has 2 nitrogen and oxygen atoms in total. The van der Waals surface area contributed by atoms with E-state index in [4.69, 9.17) is 5.73 Å². The molecule has 13 heavy (non-hydrogen) atoms. The molecule has 1 atom stereocenters. The zero-order chi connectivity index (χ0) is 9.26. The number of nitrogens with two attached hydrogens (primary N) is 1. The average Bonchev–Trinajstić information content (AvgIpc) is 2.18. The van der Waals surface area contributed by atoms with Gasteiger partial charge in [-0.2, -0.15) is 0 Å². The van der Waals surface area contributed by atoms with Gasteiger partial charge < -0.3 is 11.1 Å². The van der Waals surface area contributed by atoms with E-state index in [1.165, 1.54) is 16.8 Å². The van der Waals surface area contributed by atoms with E-state index in [9.17, 15) is 0 Å². The van der Waals surface area contributed by atoms with Crippen LogP contribution in [0.3, 0.4) is 0 Å². The van der Waals surface area contributed by atoms with Crippen molar-refractivity contribution in [3.8, 4) is 0 Å². The lowest BCUT2D eigenvalue weighted by Crippen LogP contribution is -2.23. The first-order valence-corrected chi connectivity index (χ1v) is 4.86. The van der Waals surface area contributed by atoms with Crippen LogP contribution in [0.5, 0.6) is 0 Å². The fourth-order valence-electron chi connectivity index (χ4n) is 2.04. The Hall–Kier alpha value is -1.02.